The number of hydrogen-bond donors (Lipinski definition) is 0. The summed E-state index contributed by atoms with van der Waals surface area (Å²) in [6.07, 6.45) is 0. The van der Waals surface area contributed by atoms with Crippen molar-refractivity contribution >= 4 is 27.0 Å². The number of nitrogens with zero attached hydrogens (tertiary/aromatic N) is 2. The summed E-state index contributed by atoms with van der Waals surface area (Å²) < 4.78 is 31.6. The second-order valence-electron chi connectivity index (χ2n) is 4.80. The summed E-state index contributed by atoms with van der Waals surface area (Å²) in [5.74, 6) is 0.226. The van der Waals surface area contributed by atoms with E-state index in [-0.39, 0.29) is 10.6 Å². The summed E-state index contributed by atoms with van der Waals surface area (Å²) in [7, 11) is -1.25. The van der Waals surface area contributed by atoms with Crippen molar-refractivity contribution in [2.75, 3.05) is 14.2 Å². The lowest BCUT2D eigenvalue weighted by Gasteiger charge is -2.23. The van der Waals surface area contributed by atoms with Gasteiger partial charge in [0.25, 0.3) is 5.69 Å². The second kappa shape index (κ2) is 6.65. The van der Waals surface area contributed by atoms with E-state index in [1.807, 2.05) is 17.5 Å². The lowest BCUT2D eigenvalue weighted by atomic mass is 10.3. The van der Waals surface area contributed by atoms with Crippen LogP contribution < -0.4 is 4.74 Å². The van der Waals surface area contributed by atoms with E-state index in [0.29, 0.717) is 0 Å². The fraction of sp³-hybridized carbons (Fsp3) is 0.286. The fourth-order valence-electron chi connectivity index (χ4n) is 2.06. The number of nitro groups is 1. The Balaban J connectivity index is 2.49. The highest BCUT2D eigenvalue weighted by Gasteiger charge is 2.33. The van der Waals surface area contributed by atoms with Gasteiger partial charge in [0.15, 0.2) is 4.90 Å². The average molecular weight is 356 g/mol. The average Bonchev–Trinajstić information content (AvgIpc) is 3.07. The van der Waals surface area contributed by atoms with Gasteiger partial charge in [-0.1, -0.05) is 6.07 Å². The van der Waals surface area contributed by atoms with Crippen molar-refractivity contribution < 1.29 is 18.1 Å². The molecule has 0 spiro atoms. The molecule has 7 nitrogen and oxygen atoms in total. The van der Waals surface area contributed by atoms with Gasteiger partial charge in [0.2, 0.25) is 10.0 Å². The zero-order valence-corrected chi connectivity index (χ0v) is 14.4. The first kappa shape index (κ1) is 17.4. The van der Waals surface area contributed by atoms with Crippen LogP contribution in [-0.4, -0.2) is 31.8 Å². The maximum absolute atomic E-state index is 12.8. The first-order valence-corrected chi connectivity index (χ1v) is 8.95. The van der Waals surface area contributed by atoms with E-state index in [9.17, 15) is 18.5 Å². The van der Waals surface area contributed by atoms with E-state index >= 15 is 0 Å². The minimum absolute atomic E-state index is 0.226. The van der Waals surface area contributed by atoms with Crippen molar-refractivity contribution in [2.24, 2.45) is 0 Å². The smallest absolute Gasteiger partial charge is 0.293 e. The molecule has 2 rings (SSSR count). The predicted octanol–water partition coefficient (Wildman–Crippen LogP) is 3.05. The minimum atomic E-state index is -4.02. The summed E-state index contributed by atoms with van der Waals surface area (Å²) >= 11 is 1.43. The third-order valence-electron chi connectivity index (χ3n) is 3.52. The van der Waals surface area contributed by atoms with E-state index in [4.69, 9.17) is 4.74 Å². The normalized spacial score (nSPS) is 13.0. The lowest BCUT2D eigenvalue weighted by molar-refractivity contribution is -0.387. The Morgan fingerprint density at radius 3 is 2.57 bits per heavy atom. The zero-order valence-electron chi connectivity index (χ0n) is 12.8. The van der Waals surface area contributed by atoms with Gasteiger partial charge in [-0.2, -0.15) is 4.31 Å². The maximum atomic E-state index is 12.8. The van der Waals surface area contributed by atoms with Crippen LogP contribution in [0.1, 0.15) is 17.8 Å². The van der Waals surface area contributed by atoms with Crippen molar-refractivity contribution in [2.45, 2.75) is 17.9 Å². The van der Waals surface area contributed by atoms with Gasteiger partial charge in [-0.3, -0.25) is 10.1 Å². The predicted molar refractivity (Wildman–Crippen MR) is 87.3 cm³/mol. The van der Waals surface area contributed by atoms with Gasteiger partial charge in [0, 0.05) is 11.9 Å². The molecular weight excluding hydrogens is 340 g/mol. The van der Waals surface area contributed by atoms with Crippen LogP contribution in [0.2, 0.25) is 0 Å². The van der Waals surface area contributed by atoms with Crippen molar-refractivity contribution in [1.29, 1.82) is 0 Å². The molecule has 1 heterocycles. The molecule has 0 aliphatic carbocycles. The highest BCUT2D eigenvalue weighted by Crippen LogP contribution is 2.34. The van der Waals surface area contributed by atoms with Gasteiger partial charge in [-0.15, -0.1) is 11.3 Å². The monoisotopic (exact) mass is 356 g/mol. The van der Waals surface area contributed by atoms with Crippen LogP contribution in [0.4, 0.5) is 5.69 Å². The molecule has 2 aromatic rings. The van der Waals surface area contributed by atoms with E-state index in [2.05, 4.69) is 0 Å². The van der Waals surface area contributed by atoms with Crippen LogP contribution in [0.3, 0.4) is 0 Å². The van der Waals surface area contributed by atoms with Crippen LogP contribution in [0.15, 0.2) is 40.6 Å². The molecular formula is C14H16N2O5S2. The van der Waals surface area contributed by atoms with E-state index in [1.165, 1.54) is 37.6 Å². The molecule has 0 bridgehead atoms. The zero-order chi connectivity index (χ0) is 17.2. The van der Waals surface area contributed by atoms with Crippen molar-refractivity contribution in [1.82, 2.24) is 4.31 Å². The van der Waals surface area contributed by atoms with Gasteiger partial charge in [0.1, 0.15) is 5.75 Å². The summed E-state index contributed by atoms with van der Waals surface area (Å²) in [5.41, 5.74) is -0.505. The molecule has 0 amide bonds. The van der Waals surface area contributed by atoms with Gasteiger partial charge < -0.3 is 4.74 Å². The quantitative estimate of drug-likeness (QED) is 0.586. The molecule has 0 fully saturated rings. The maximum Gasteiger partial charge on any atom is 0.293 e. The molecule has 0 saturated carbocycles. The number of methoxy groups -OCH3 is 1. The Morgan fingerprint density at radius 1 is 1.35 bits per heavy atom. The highest BCUT2D eigenvalue weighted by molar-refractivity contribution is 7.89. The topological polar surface area (TPSA) is 89.8 Å². The van der Waals surface area contributed by atoms with Crippen LogP contribution in [0.25, 0.3) is 0 Å². The number of ether oxygens (including phenoxy) is 1. The molecule has 0 aliphatic rings. The first-order chi connectivity index (χ1) is 10.8. The number of nitro benzene ring substituents is 1. The summed E-state index contributed by atoms with van der Waals surface area (Å²) in [6.45, 7) is 1.73. The van der Waals surface area contributed by atoms with Crippen LogP contribution in [0, 0.1) is 10.1 Å². The third kappa shape index (κ3) is 3.36. The second-order valence-corrected chi connectivity index (χ2v) is 7.75. The number of thiophene rings is 1. The molecule has 0 N–H and O–H groups in total. The summed E-state index contributed by atoms with van der Waals surface area (Å²) in [6, 6.07) is 6.92. The molecule has 9 heteroatoms. The van der Waals surface area contributed by atoms with Crippen molar-refractivity contribution in [3.63, 3.8) is 0 Å². The van der Waals surface area contributed by atoms with Gasteiger partial charge in [0.05, 0.1) is 24.1 Å². The standard InChI is InChI=1S/C14H16N2O5S2/c1-10(13-5-4-8-22-13)15(2)23(19,20)14-7-6-11(21-3)9-12(14)16(17)18/h4-10H,1-3H3. The number of benzene rings is 1. The Labute approximate surface area is 138 Å². The molecule has 1 atom stereocenters. The Bertz CT molecular complexity index is 803. The molecule has 0 saturated heterocycles. The Morgan fingerprint density at radius 2 is 2.04 bits per heavy atom. The first-order valence-electron chi connectivity index (χ1n) is 6.63. The highest BCUT2D eigenvalue weighted by atomic mass is 32.2. The fourth-order valence-corrected chi connectivity index (χ4v) is 4.43. The van der Waals surface area contributed by atoms with E-state index in [1.54, 1.807) is 6.92 Å². The third-order valence-corrected chi connectivity index (χ3v) is 6.54. The molecule has 0 radical (unpaired) electrons. The van der Waals surface area contributed by atoms with Gasteiger partial charge in [-0.25, -0.2) is 8.42 Å². The lowest BCUT2D eigenvalue weighted by Crippen LogP contribution is -2.29. The van der Waals surface area contributed by atoms with Crippen molar-refractivity contribution in [3.8, 4) is 5.75 Å². The molecule has 1 aromatic carbocycles. The minimum Gasteiger partial charge on any atom is -0.497 e. The van der Waals surface area contributed by atoms with Crippen LogP contribution in [-0.2, 0) is 10.0 Å². The number of hydrogen-bond acceptors (Lipinski definition) is 6. The van der Waals surface area contributed by atoms with Gasteiger partial charge in [-0.05, 0) is 30.5 Å². The van der Waals surface area contributed by atoms with Gasteiger partial charge >= 0.3 is 0 Å². The van der Waals surface area contributed by atoms with E-state index in [0.717, 1.165) is 15.2 Å². The molecule has 1 aromatic heterocycles. The SMILES string of the molecule is COc1ccc(S(=O)(=O)N(C)C(C)c2cccs2)c([N+](=O)[O-])c1. The van der Waals surface area contributed by atoms with Crippen LogP contribution in [0.5, 0.6) is 5.75 Å². The Kier molecular flexibility index (Phi) is 5.03. The number of rotatable bonds is 6. The Hall–Kier alpha value is -1.97. The molecule has 124 valence electrons. The van der Waals surface area contributed by atoms with E-state index < -0.39 is 26.7 Å². The summed E-state index contributed by atoms with van der Waals surface area (Å²) in [4.78, 5) is 11.0. The van der Waals surface area contributed by atoms with Crippen LogP contribution >= 0.6 is 11.3 Å². The molecule has 23 heavy (non-hydrogen) atoms. The van der Waals surface area contributed by atoms with Crippen molar-refractivity contribution in [3.05, 3.63) is 50.7 Å². The number of sulfonamides is 1. The largest absolute Gasteiger partial charge is 0.497 e. The molecule has 0 aliphatic heterocycles. The molecule has 1 unspecified atom stereocenters. The summed E-state index contributed by atoms with van der Waals surface area (Å²) in [5, 5.41) is 13.1.